The third-order valence-electron chi connectivity index (χ3n) is 1.77. The van der Waals surface area contributed by atoms with E-state index in [1.54, 1.807) is 0 Å². The van der Waals surface area contributed by atoms with Crippen molar-refractivity contribution in [1.29, 1.82) is 0 Å². The predicted molar refractivity (Wildman–Crippen MR) is 56.3 cm³/mol. The van der Waals surface area contributed by atoms with Crippen molar-refractivity contribution in [1.82, 2.24) is 5.32 Å². The number of rotatable bonds is 3. The largest absolute Gasteiger partial charge is 0.453 e. The zero-order valence-corrected chi connectivity index (χ0v) is 9.26. The highest BCUT2D eigenvalue weighted by Crippen LogP contribution is 2.20. The van der Waals surface area contributed by atoms with E-state index < -0.39 is 0 Å². The summed E-state index contributed by atoms with van der Waals surface area (Å²) in [4.78, 5) is 0. The summed E-state index contributed by atoms with van der Waals surface area (Å²) in [5, 5.41) is 3.21. The van der Waals surface area contributed by atoms with Crippen molar-refractivity contribution >= 4 is 15.9 Å². The van der Waals surface area contributed by atoms with Gasteiger partial charge < -0.3 is 4.42 Å². The molecule has 1 heterocycles. The number of furan rings is 1. The molecule has 0 bridgehead atoms. The van der Waals surface area contributed by atoms with E-state index in [9.17, 15) is 0 Å². The molecule has 2 nitrogen and oxygen atoms in total. The molecule has 70 valence electrons. The number of hydrogen-bond donors (Lipinski definition) is 1. The van der Waals surface area contributed by atoms with Gasteiger partial charge in [0.2, 0.25) is 0 Å². The Balaban J connectivity index is 2.59. The maximum absolute atomic E-state index is 5.38. The zero-order chi connectivity index (χ0) is 9.84. The van der Waals surface area contributed by atoms with Crippen LogP contribution in [0.2, 0.25) is 0 Å². The van der Waals surface area contributed by atoms with Gasteiger partial charge in [0.25, 0.3) is 0 Å². The maximum Gasteiger partial charge on any atom is 0.169 e. The van der Waals surface area contributed by atoms with E-state index in [1.165, 1.54) is 0 Å². The highest BCUT2D eigenvalue weighted by atomic mass is 79.9. The van der Waals surface area contributed by atoms with Gasteiger partial charge in [0.15, 0.2) is 4.67 Å². The topological polar surface area (TPSA) is 25.2 Å². The lowest BCUT2D eigenvalue weighted by Crippen LogP contribution is -2.27. The van der Waals surface area contributed by atoms with E-state index in [4.69, 9.17) is 10.8 Å². The molecule has 13 heavy (non-hydrogen) atoms. The van der Waals surface area contributed by atoms with Crippen molar-refractivity contribution in [3.63, 3.8) is 0 Å². The highest BCUT2D eigenvalue weighted by Gasteiger charge is 2.10. The van der Waals surface area contributed by atoms with Crippen LogP contribution in [0.1, 0.15) is 25.6 Å². The summed E-state index contributed by atoms with van der Waals surface area (Å²) in [5.74, 6) is 3.49. The van der Waals surface area contributed by atoms with Crippen molar-refractivity contribution in [2.75, 3.05) is 0 Å². The van der Waals surface area contributed by atoms with Gasteiger partial charge in [0.1, 0.15) is 5.76 Å². The summed E-state index contributed by atoms with van der Waals surface area (Å²) in [6.45, 7) is 3.95. The average Bonchev–Trinajstić information content (AvgIpc) is 2.51. The third kappa shape index (κ3) is 2.91. The van der Waals surface area contributed by atoms with E-state index in [2.05, 4.69) is 27.2 Å². The smallest absolute Gasteiger partial charge is 0.169 e. The Morgan fingerprint density at radius 3 is 2.69 bits per heavy atom. The number of nitrogens with one attached hydrogen (secondary N) is 1. The van der Waals surface area contributed by atoms with Crippen LogP contribution in [0.25, 0.3) is 0 Å². The van der Waals surface area contributed by atoms with Crippen LogP contribution >= 0.6 is 15.9 Å². The Morgan fingerprint density at radius 2 is 2.23 bits per heavy atom. The standard InChI is InChI=1S/C10H12BrNO/c1-4-7(2)12-8(3)9-5-6-10(11)13-9/h1,5-8,12H,2-3H3. The average molecular weight is 242 g/mol. The molecule has 0 amide bonds. The lowest BCUT2D eigenvalue weighted by atomic mass is 10.2. The minimum Gasteiger partial charge on any atom is -0.453 e. The van der Waals surface area contributed by atoms with Crippen LogP contribution < -0.4 is 5.32 Å². The SMILES string of the molecule is C#CC(C)NC(C)c1ccc(Br)o1. The maximum atomic E-state index is 5.38. The molecule has 0 aliphatic heterocycles. The van der Waals surface area contributed by atoms with Gasteiger partial charge in [0, 0.05) is 0 Å². The van der Waals surface area contributed by atoms with E-state index in [-0.39, 0.29) is 12.1 Å². The van der Waals surface area contributed by atoms with E-state index in [1.807, 2.05) is 26.0 Å². The first-order chi connectivity index (χ1) is 6.13. The summed E-state index contributed by atoms with van der Waals surface area (Å²) in [5.41, 5.74) is 0. The van der Waals surface area contributed by atoms with Gasteiger partial charge in [-0.15, -0.1) is 6.42 Å². The van der Waals surface area contributed by atoms with E-state index in [0.717, 1.165) is 10.4 Å². The number of halogens is 1. The fourth-order valence-corrected chi connectivity index (χ4v) is 1.39. The van der Waals surface area contributed by atoms with Gasteiger partial charge in [-0.05, 0) is 41.9 Å². The quantitative estimate of drug-likeness (QED) is 0.824. The van der Waals surface area contributed by atoms with Gasteiger partial charge in [-0.25, -0.2) is 0 Å². The Hall–Kier alpha value is -0.720. The molecule has 3 heteroatoms. The van der Waals surface area contributed by atoms with E-state index in [0.29, 0.717) is 0 Å². The fraction of sp³-hybridized carbons (Fsp3) is 0.400. The minimum absolute atomic E-state index is 0.0545. The van der Waals surface area contributed by atoms with Crippen molar-refractivity contribution in [2.24, 2.45) is 0 Å². The summed E-state index contributed by atoms with van der Waals surface area (Å²) in [6, 6.07) is 3.98. The first-order valence-electron chi connectivity index (χ1n) is 4.11. The van der Waals surface area contributed by atoms with Crippen molar-refractivity contribution in [3.05, 3.63) is 22.6 Å². The fourth-order valence-electron chi connectivity index (χ4n) is 1.07. The summed E-state index contributed by atoms with van der Waals surface area (Å²) >= 11 is 3.25. The Morgan fingerprint density at radius 1 is 1.54 bits per heavy atom. The second kappa shape index (κ2) is 4.50. The lowest BCUT2D eigenvalue weighted by molar-refractivity contribution is 0.411. The Bertz CT molecular complexity index is 313. The van der Waals surface area contributed by atoms with Crippen molar-refractivity contribution in [2.45, 2.75) is 25.9 Å². The molecular formula is C10H12BrNO. The summed E-state index contributed by atoms with van der Waals surface area (Å²) in [6.07, 6.45) is 5.25. The highest BCUT2D eigenvalue weighted by molar-refractivity contribution is 9.10. The molecule has 0 saturated carbocycles. The minimum atomic E-state index is 0.0545. The van der Waals surface area contributed by atoms with Gasteiger partial charge in [0.05, 0.1) is 12.1 Å². The van der Waals surface area contributed by atoms with Gasteiger partial charge in [-0.1, -0.05) is 5.92 Å². The first kappa shape index (κ1) is 10.4. The molecule has 2 unspecified atom stereocenters. The van der Waals surface area contributed by atoms with Crippen molar-refractivity contribution < 1.29 is 4.42 Å². The number of hydrogen-bond acceptors (Lipinski definition) is 2. The molecule has 1 aromatic rings. The molecule has 0 fully saturated rings. The second-order valence-corrected chi connectivity index (χ2v) is 3.70. The van der Waals surface area contributed by atoms with E-state index >= 15 is 0 Å². The van der Waals surface area contributed by atoms with Gasteiger partial charge in [-0.3, -0.25) is 5.32 Å². The van der Waals surface area contributed by atoms with Crippen LogP contribution in [0.15, 0.2) is 21.2 Å². The monoisotopic (exact) mass is 241 g/mol. The number of terminal acetylenes is 1. The molecule has 0 aliphatic rings. The normalized spacial score (nSPS) is 14.9. The Kier molecular flexibility index (Phi) is 3.58. The molecule has 0 aliphatic carbocycles. The molecule has 0 aromatic carbocycles. The third-order valence-corrected chi connectivity index (χ3v) is 2.20. The second-order valence-electron chi connectivity index (χ2n) is 2.92. The van der Waals surface area contributed by atoms with Crippen LogP contribution in [0, 0.1) is 12.3 Å². The molecule has 1 rings (SSSR count). The molecule has 2 atom stereocenters. The predicted octanol–water partition coefficient (Wildman–Crippen LogP) is 2.71. The van der Waals surface area contributed by atoms with Gasteiger partial charge >= 0.3 is 0 Å². The zero-order valence-electron chi connectivity index (χ0n) is 7.67. The van der Waals surface area contributed by atoms with Crippen LogP contribution in [0.4, 0.5) is 0 Å². The summed E-state index contributed by atoms with van der Waals surface area (Å²) in [7, 11) is 0. The van der Waals surface area contributed by atoms with Crippen LogP contribution in [-0.2, 0) is 0 Å². The molecular weight excluding hydrogens is 230 g/mol. The molecule has 1 aromatic heterocycles. The van der Waals surface area contributed by atoms with Crippen molar-refractivity contribution in [3.8, 4) is 12.3 Å². The molecule has 0 radical (unpaired) electrons. The van der Waals surface area contributed by atoms with Crippen LogP contribution in [-0.4, -0.2) is 6.04 Å². The molecule has 0 saturated heterocycles. The van der Waals surface area contributed by atoms with Gasteiger partial charge in [-0.2, -0.15) is 0 Å². The summed E-state index contributed by atoms with van der Waals surface area (Å²) < 4.78 is 6.12. The Labute approximate surface area is 86.8 Å². The molecule has 1 N–H and O–H groups in total. The first-order valence-corrected chi connectivity index (χ1v) is 4.90. The molecule has 0 spiro atoms. The van der Waals surface area contributed by atoms with Crippen LogP contribution in [0.3, 0.4) is 0 Å². The lowest BCUT2D eigenvalue weighted by Gasteiger charge is -2.13. The van der Waals surface area contributed by atoms with Crippen LogP contribution in [0.5, 0.6) is 0 Å².